The number of nitrogens with zero attached hydrogens (tertiary/aromatic N) is 1. The van der Waals surface area contributed by atoms with Crippen molar-refractivity contribution < 1.29 is 4.74 Å². The largest absolute Gasteiger partial charge is 0.377 e. The van der Waals surface area contributed by atoms with Gasteiger partial charge < -0.3 is 4.74 Å². The van der Waals surface area contributed by atoms with Crippen LogP contribution in [0.15, 0.2) is 39.8 Å². The molecule has 0 fully saturated rings. The summed E-state index contributed by atoms with van der Waals surface area (Å²) >= 11 is 6.56. The number of halogens is 2. The molecule has 0 aliphatic heterocycles. The normalized spacial score (nSPS) is 11.6. The van der Waals surface area contributed by atoms with E-state index in [2.05, 4.69) is 37.9 Å². The predicted molar refractivity (Wildman–Crippen MR) is 80.4 cm³/mol. The van der Waals surface area contributed by atoms with E-state index >= 15 is 0 Å². The predicted octanol–water partition coefficient (Wildman–Crippen LogP) is 4.75. The van der Waals surface area contributed by atoms with E-state index in [1.807, 2.05) is 36.4 Å². The van der Waals surface area contributed by atoms with Crippen LogP contribution < -0.4 is 0 Å². The van der Waals surface area contributed by atoms with Crippen LogP contribution in [0.25, 0.3) is 0 Å². The number of ether oxygens (including phenoxy) is 1. The number of allylic oxidation sites excluding steroid dienone is 1. The third kappa shape index (κ3) is 6.95. The lowest BCUT2D eigenvalue weighted by Gasteiger charge is -2.07. The molecule has 96 valence electrons. The molecule has 18 heavy (non-hydrogen) atoms. The van der Waals surface area contributed by atoms with Gasteiger partial charge in [-0.3, -0.25) is 0 Å². The highest BCUT2D eigenvalue weighted by molar-refractivity contribution is 9.28. The standard InChI is InChI=1S/C14H15Br2NO/c15-14(16)7-6-12(10-17)8-9-18-11-13-4-2-1-3-5-13/h1-5,7,12H,6,8-9,11H2. The lowest BCUT2D eigenvalue weighted by molar-refractivity contribution is 0.112. The Labute approximate surface area is 125 Å². The van der Waals surface area contributed by atoms with Crippen LogP contribution in [0.1, 0.15) is 18.4 Å². The van der Waals surface area contributed by atoms with Gasteiger partial charge in [-0.05, 0) is 50.3 Å². The van der Waals surface area contributed by atoms with Gasteiger partial charge in [0.05, 0.1) is 22.0 Å². The minimum Gasteiger partial charge on any atom is -0.377 e. The Kier molecular flexibility index (Phi) is 7.99. The van der Waals surface area contributed by atoms with Crippen molar-refractivity contribution in [1.29, 1.82) is 5.26 Å². The van der Waals surface area contributed by atoms with Crippen LogP contribution in [0.2, 0.25) is 0 Å². The number of hydrogen-bond donors (Lipinski definition) is 0. The summed E-state index contributed by atoms with van der Waals surface area (Å²) in [5, 5.41) is 8.99. The van der Waals surface area contributed by atoms with E-state index in [0.29, 0.717) is 13.2 Å². The van der Waals surface area contributed by atoms with Gasteiger partial charge in [0, 0.05) is 6.61 Å². The lowest BCUT2D eigenvalue weighted by Crippen LogP contribution is -2.03. The van der Waals surface area contributed by atoms with E-state index in [9.17, 15) is 0 Å². The number of nitriles is 1. The second-order valence-electron chi connectivity index (χ2n) is 3.88. The highest BCUT2D eigenvalue weighted by Crippen LogP contribution is 2.17. The first-order valence-corrected chi connectivity index (χ1v) is 7.33. The average molecular weight is 373 g/mol. The molecule has 0 spiro atoms. The molecule has 0 aromatic heterocycles. The minimum absolute atomic E-state index is 0.00544. The van der Waals surface area contributed by atoms with E-state index in [0.717, 1.165) is 21.8 Å². The second kappa shape index (κ2) is 9.32. The maximum absolute atomic E-state index is 8.99. The van der Waals surface area contributed by atoms with Gasteiger partial charge >= 0.3 is 0 Å². The molecule has 0 bridgehead atoms. The fourth-order valence-electron chi connectivity index (χ4n) is 1.46. The smallest absolute Gasteiger partial charge is 0.0716 e. The van der Waals surface area contributed by atoms with E-state index in [1.54, 1.807) is 0 Å². The molecule has 2 nitrogen and oxygen atoms in total. The van der Waals surface area contributed by atoms with E-state index in [4.69, 9.17) is 10.00 Å². The van der Waals surface area contributed by atoms with E-state index in [1.165, 1.54) is 0 Å². The molecule has 0 heterocycles. The molecule has 1 aromatic rings. The molecule has 0 aliphatic rings. The first-order valence-electron chi connectivity index (χ1n) is 5.75. The summed E-state index contributed by atoms with van der Waals surface area (Å²) in [6.07, 6.45) is 3.44. The summed E-state index contributed by atoms with van der Waals surface area (Å²) in [4.78, 5) is 0. The van der Waals surface area contributed by atoms with Crippen LogP contribution >= 0.6 is 31.9 Å². The fraction of sp³-hybridized carbons (Fsp3) is 0.357. The van der Waals surface area contributed by atoms with Crippen molar-refractivity contribution in [3.05, 3.63) is 45.4 Å². The molecule has 1 aromatic carbocycles. The van der Waals surface area contributed by atoms with Gasteiger partial charge in [-0.1, -0.05) is 36.4 Å². The monoisotopic (exact) mass is 371 g/mol. The van der Waals surface area contributed by atoms with Crippen LogP contribution in [0.3, 0.4) is 0 Å². The molecule has 1 atom stereocenters. The Bertz CT molecular complexity index is 408. The SMILES string of the molecule is N#CC(CC=C(Br)Br)CCOCc1ccccc1. The average Bonchev–Trinajstić information content (AvgIpc) is 2.39. The van der Waals surface area contributed by atoms with Gasteiger partial charge in [0.2, 0.25) is 0 Å². The first-order chi connectivity index (χ1) is 8.72. The molecule has 0 aliphatic carbocycles. The third-order valence-electron chi connectivity index (χ3n) is 2.46. The Morgan fingerprint density at radius 3 is 2.67 bits per heavy atom. The van der Waals surface area contributed by atoms with Crippen molar-refractivity contribution in [2.75, 3.05) is 6.61 Å². The molecular weight excluding hydrogens is 358 g/mol. The van der Waals surface area contributed by atoms with Crippen LogP contribution in [0.5, 0.6) is 0 Å². The highest BCUT2D eigenvalue weighted by atomic mass is 79.9. The van der Waals surface area contributed by atoms with Gasteiger partial charge in [0.1, 0.15) is 0 Å². The zero-order valence-corrected chi connectivity index (χ0v) is 13.2. The number of rotatable bonds is 7. The van der Waals surface area contributed by atoms with Gasteiger partial charge in [0.15, 0.2) is 0 Å². The molecular formula is C14H15Br2NO. The molecule has 0 saturated heterocycles. The maximum Gasteiger partial charge on any atom is 0.0716 e. The molecule has 1 unspecified atom stereocenters. The Hall–Kier alpha value is -0.630. The van der Waals surface area contributed by atoms with Crippen molar-refractivity contribution in [1.82, 2.24) is 0 Å². The van der Waals surface area contributed by atoms with Crippen LogP contribution in [-0.4, -0.2) is 6.61 Å². The van der Waals surface area contributed by atoms with Crippen molar-refractivity contribution in [3.8, 4) is 6.07 Å². The molecule has 1 rings (SSSR count). The van der Waals surface area contributed by atoms with Crippen molar-refractivity contribution in [2.45, 2.75) is 19.4 Å². The Morgan fingerprint density at radius 2 is 2.06 bits per heavy atom. The van der Waals surface area contributed by atoms with E-state index in [-0.39, 0.29) is 5.92 Å². The van der Waals surface area contributed by atoms with Crippen molar-refractivity contribution >= 4 is 31.9 Å². The second-order valence-corrected chi connectivity index (χ2v) is 6.66. The Morgan fingerprint density at radius 1 is 1.33 bits per heavy atom. The van der Waals surface area contributed by atoms with Crippen LogP contribution in [0.4, 0.5) is 0 Å². The van der Waals surface area contributed by atoms with Crippen molar-refractivity contribution in [3.63, 3.8) is 0 Å². The van der Waals surface area contributed by atoms with Gasteiger partial charge in [0.25, 0.3) is 0 Å². The van der Waals surface area contributed by atoms with Gasteiger partial charge in [-0.2, -0.15) is 5.26 Å². The van der Waals surface area contributed by atoms with Gasteiger partial charge in [-0.15, -0.1) is 0 Å². The zero-order valence-electron chi connectivity index (χ0n) is 9.98. The molecule has 0 saturated carbocycles. The minimum atomic E-state index is 0.00544. The fourth-order valence-corrected chi connectivity index (χ4v) is 1.83. The zero-order chi connectivity index (χ0) is 13.2. The summed E-state index contributed by atoms with van der Waals surface area (Å²) in [7, 11) is 0. The summed E-state index contributed by atoms with van der Waals surface area (Å²) in [5.41, 5.74) is 1.16. The number of benzene rings is 1. The summed E-state index contributed by atoms with van der Waals surface area (Å²) in [6, 6.07) is 12.3. The third-order valence-corrected chi connectivity index (χ3v) is 3.11. The maximum atomic E-state index is 8.99. The lowest BCUT2D eigenvalue weighted by atomic mass is 10.0. The van der Waals surface area contributed by atoms with Crippen LogP contribution in [-0.2, 0) is 11.3 Å². The first kappa shape index (κ1) is 15.4. The summed E-state index contributed by atoms with van der Waals surface area (Å²) in [6.45, 7) is 1.22. The van der Waals surface area contributed by atoms with Crippen molar-refractivity contribution in [2.24, 2.45) is 5.92 Å². The van der Waals surface area contributed by atoms with Gasteiger partial charge in [-0.25, -0.2) is 0 Å². The molecule has 0 N–H and O–H groups in total. The highest BCUT2D eigenvalue weighted by Gasteiger charge is 2.05. The quantitative estimate of drug-likeness (QED) is 0.646. The topological polar surface area (TPSA) is 33.0 Å². The van der Waals surface area contributed by atoms with E-state index < -0.39 is 0 Å². The number of hydrogen-bond acceptors (Lipinski definition) is 2. The van der Waals surface area contributed by atoms with Crippen LogP contribution in [0, 0.1) is 17.2 Å². The summed E-state index contributed by atoms with van der Waals surface area (Å²) < 4.78 is 6.45. The Balaban J connectivity index is 2.20. The molecule has 0 radical (unpaired) electrons. The molecule has 0 amide bonds. The molecule has 4 heteroatoms. The summed E-state index contributed by atoms with van der Waals surface area (Å²) in [5.74, 6) is 0.00544.